The number of nitrogens with zero attached hydrogens (tertiary/aromatic N) is 1. The summed E-state index contributed by atoms with van der Waals surface area (Å²) in [5, 5.41) is 3.28. The summed E-state index contributed by atoms with van der Waals surface area (Å²) in [6, 6.07) is 0.369. The Morgan fingerprint density at radius 3 is 2.47 bits per heavy atom. The molecule has 1 amide bonds. The number of carbonyl (C=O) groups is 1. The lowest BCUT2D eigenvalue weighted by Gasteiger charge is -2.39. The van der Waals surface area contributed by atoms with E-state index in [4.69, 9.17) is 4.74 Å². The van der Waals surface area contributed by atoms with E-state index in [9.17, 15) is 4.79 Å². The van der Waals surface area contributed by atoms with Crippen molar-refractivity contribution < 1.29 is 9.53 Å². The molecule has 2 fully saturated rings. The molecule has 4 nitrogen and oxygen atoms in total. The first-order valence-electron chi connectivity index (χ1n) is 7.46. The Bertz CT molecular complexity index is 320. The first-order valence-corrected chi connectivity index (χ1v) is 7.46. The highest BCUT2D eigenvalue weighted by Gasteiger charge is 2.35. The summed E-state index contributed by atoms with van der Waals surface area (Å²) in [4.78, 5) is 14.5. The zero-order chi connectivity index (χ0) is 14.0. The van der Waals surface area contributed by atoms with Gasteiger partial charge in [-0.05, 0) is 37.5 Å². The van der Waals surface area contributed by atoms with Crippen molar-refractivity contribution in [2.75, 3.05) is 20.7 Å². The second-order valence-electron chi connectivity index (χ2n) is 6.90. The lowest BCUT2D eigenvalue weighted by Crippen LogP contribution is -2.48. The average Bonchev–Trinajstić information content (AvgIpc) is 2.86. The van der Waals surface area contributed by atoms with Crippen molar-refractivity contribution in [3.05, 3.63) is 0 Å². The molecule has 1 aliphatic heterocycles. The molecule has 19 heavy (non-hydrogen) atoms. The Hall–Kier alpha value is -0.610. The van der Waals surface area contributed by atoms with E-state index >= 15 is 0 Å². The summed E-state index contributed by atoms with van der Waals surface area (Å²) < 4.78 is 5.31. The summed E-state index contributed by atoms with van der Waals surface area (Å²) in [5.41, 5.74) is 0.452. The van der Waals surface area contributed by atoms with Gasteiger partial charge in [0.1, 0.15) is 0 Å². The zero-order valence-corrected chi connectivity index (χ0v) is 12.7. The molecule has 0 radical (unpaired) electrons. The molecule has 0 aromatic rings. The third kappa shape index (κ3) is 3.48. The SMILES string of the molecule is COC1CNC(C(=O)N(C)C2CCC(C)(C)CC2)C1. The largest absolute Gasteiger partial charge is 0.380 e. The summed E-state index contributed by atoms with van der Waals surface area (Å²) in [5.74, 6) is 0.240. The van der Waals surface area contributed by atoms with E-state index in [0.29, 0.717) is 11.5 Å². The fourth-order valence-electron chi connectivity index (χ4n) is 3.27. The normalized spacial score (nSPS) is 31.4. The van der Waals surface area contributed by atoms with Gasteiger partial charge >= 0.3 is 0 Å². The summed E-state index contributed by atoms with van der Waals surface area (Å²) in [6.45, 7) is 5.44. The van der Waals surface area contributed by atoms with Gasteiger partial charge in [0.25, 0.3) is 0 Å². The predicted molar refractivity (Wildman–Crippen MR) is 76.0 cm³/mol. The van der Waals surface area contributed by atoms with Crippen LogP contribution < -0.4 is 5.32 Å². The Balaban J connectivity index is 1.86. The van der Waals surface area contributed by atoms with Gasteiger partial charge in [0.15, 0.2) is 0 Å². The van der Waals surface area contributed by atoms with Crippen LogP contribution in [-0.4, -0.2) is 49.7 Å². The molecule has 0 bridgehead atoms. The third-order valence-corrected chi connectivity index (χ3v) is 4.93. The minimum Gasteiger partial charge on any atom is -0.380 e. The third-order valence-electron chi connectivity index (χ3n) is 4.93. The minimum absolute atomic E-state index is 0.0510. The molecule has 1 saturated carbocycles. The van der Waals surface area contributed by atoms with Crippen LogP contribution in [0.25, 0.3) is 0 Å². The maximum atomic E-state index is 12.5. The predicted octanol–water partition coefficient (Wildman–Crippen LogP) is 1.79. The topological polar surface area (TPSA) is 41.6 Å². The monoisotopic (exact) mass is 268 g/mol. The van der Waals surface area contributed by atoms with Crippen molar-refractivity contribution in [1.82, 2.24) is 10.2 Å². The minimum atomic E-state index is -0.0510. The van der Waals surface area contributed by atoms with E-state index in [-0.39, 0.29) is 18.1 Å². The number of rotatable bonds is 3. The number of methoxy groups -OCH3 is 1. The van der Waals surface area contributed by atoms with Crippen LogP contribution in [0, 0.1) is 5.41 Å². The molecule has 0 aromatic heterocycles. The fraction of sp³-hybridized carbons (Fsp3) is 0.933. The second-order valence-corrected chi connectivity index (χ2v) is 6.90. The highest BCUT2D eigenvalue weighted by molar-refractivity contribution is 5.82. The number of likely N-dealkylation sites (N-methyl/N-ethyl adjacent to an activating group) is 1. The Labute approximate surface area is 116 Å². The molecule has 1 heterocycles. The maximum Gasteiger partial charge on any atom is 0.239 e. The van der Waals surface area contributed by atoms with Gasteiger partial charge in [0.2, 0.25) is 5.91 Å². The highest BCUT2D eigenvalue weighted by atomic mass is 16.5. The fourth-order valence-corrected chi connectivity index (χ4v) is 3.27. The first-order chi connectivity index (χ1) is 8.93. The molecule has 2 rings (SSSR count). The number of carbonyl (C=O) groups excluding carboxylic acids is 1. The van der Waals surface area contributed by atoms with Crippen LogP contribution >= 0.6 is 0 Å². The molecular formula is C15H28N2O2. The standard InChI is InChI=1S/C15H28N2O2/c1-15(2)7-5-11(6-8-15)17(3)14(18)13-9-12(19-4)10-16-13/h11-13,16H,5-10H2,1-4H3. The molecule has 2 aliphatic rings. The average molecular weight is 268 g/mol. The van der Waals surface area contributed by atoms with Gasteiger partial charge in [0, 0.05) is 26.7 Å². The molecule has 1 saturated heterocycles. The molecule has 110 valence electrons. The van der Waals surface area contributed by atoms with Gasteiger partial charge in [-0.1, -0.05) is 13.8 Å². The van der Waals surface area contributed by atoms with E-state index in [1.54, 1.807) is 7.11 Å². The summed E-state index contributed by atoms with van der Waals surface area (Å²) in [6.07, 6.45) is 5.69. The van der Waals surface area contributed by atoms with Crippen LogP contribution in [-0.2, 0) is 9.53 Å². The van der Waals surface area contributed by atoms with Crippen LogP contribution in [0.4, 0.5) is 0 Å². The number of hydrogen-bond acceptors (Lipinski definition) is 3. The maximum absolute atomic E-state index is 12.5. The van der Waals surface area contributed by atoms with Crippen LogP contribution in [0.15, 0.2) is 0 Å². The van der Waals surface area contributed by atoms with E-state index < -0.39 is 0 Å². The van der Waals surface area contributed by atoms with Gasteiger partial charge in [-0.3, -0.25) is 4.79 Å². The molecule has 2 atom stereocenters. The van der Waals surface area contributed by atoms with Crippen molar-refractivity contribution >= 4 is 5.91 Å². The second kappa shape index (κ2) is 5.80. The number of hydrogen-bond donors (Lipinski definition) is 1. The van der Waals surface area contributed by atoms with Gasteiger partial charge in [-0.2, -0.15) is 0 Å². The molecule has 4 heteroatoms. The van der Waals surface area contributed by atoms with Crippen LogP contribution in [0.5, 0.6) is 0 Å². The van der Waals surface area contributed by atoms with E-state index in [1.165, 1.54) is 12.8 Å². The molecule has 1 N–H and O–H groups in total. The highest BCUT2D eigenvalue weighted by Crippen LogP contribution is 2.36. The Morgan fingerprint density at radius 1 is 1.32 bits per heavy atom. The number of ether oxygens (including phenoxy) is 1. The van der Waals surface area contributed by atoms with Gasteiger partial charge in [-0.15, -0.1) is 0 Å². The van der Waals surface area contributed by atoms with E-state index in [1.807, 2.05) is 11.9 Å². The molecule has 0 spiro atoms. The Morgan fingerprint density at radius 2 is 1.95 bits per heavy atom. The van der Waals surface area contributed by atoms with Crippen molar-refractivity contribution in [3.63, 3.8) is 0 Å². The molecule has 2 unspecified atom stereocenters. The lowest BCUT2D eigenvalue weighted by atomic mass is 9.75. The van der Waals surface area contributed by atoms with E-state index in [2.05, 4.69) is 19.2 Å². The number of amides is 1. The van der Waals surface area contributed by atoms with Crippen molar-refractivity contribution in [1.29, 1.82) is 0 Å². The first kappa shape index (κ1) is 14.8. The van der Waals surface area contributed by atoms with Gasteiger partial charge in [0.05, 0.1) is 12.1 Å². The van der Waals surface area contributed by atoms with Crippen molar-refractivity contribution in [2.24, 2.45) is 5.41 Å². The lowest BCUT2D eigenvalue weighted by molar-refractivity contribution is -0.135. The summed E-state index contributed by atoms with van der Waals surface area (Å²) in [7, 11) is 3.68. The molecular weight excluding hydrogens is 240 g/mol. The van der Waals surface area contributed by atoms with Crippen LogP contribution in [0.2, 0.25) is 0 Å². The van der Waals surface area contributed by atoms with Crippen molar-refractivity contribution in [2.45, 2.75) is 64.1 Å². The smallest absolute Gasteiger partial charge is 0.239 e. The quantitative estimate of drug-likeness (QED) is 0.848. The molecule has 0 aromatic carbocycles. The molecule has 1 aliphatic carbocycles. The number of nitrogens with one attached hydrogen (secondary N) is 1. The van der Waals surface area contributed by atoms with Gasteiger partial charge in [-0.25, -0.2) is 0 Å². The Kier molecular flexibility index (Phi) is 4.51. The van der Waals surface area contributed by atoms with Crippen molar-refractivity contribution in [3.8, 4) is 0 Å². The summed E-state index contributed by atoms with van der Waals surface area (Å²) >= 11 is 0. The van der Waals surface area contributed by atoms with E-state index in [0.717, 1.165) is 25.8 Å². The van der Waals surface area contributed by atoms with Gasteiger partial charge < -0.3 is 15.0 Å². The van der Waals surface area contributed by atoms with Crippen LogP contribution in [0.1, 0.15) is 46.0 Å². The zero-order valence-electron chi connectivity index (χ0n) is 12.7. The van der Waals surface area contributed by atoms with Crippen LogP contribution in [0.3, 0.4) is 0 Å².